The SMILES string of the molecule is COc1ccccc1C1=C(N2CCC(C)CC2)C(=O)N(c2ccc(C)cc2)C1=O. The van der Waals surface area contributed by atoms with Crippen molar-refractivity contribution < 1.29 is 14.3 Å². The summed E-state index contributed by atoms with van der Waals surface area (Å²) in [5.41, 5.74) is 3.26. The van der Waals surface area contributed by atoms with Gasteiger partial charge in [-0.2, -0.15) is 0 Å². The number of rotatable bonds is 4. The van der Waals surface area contributed by atoms with Gasteiger partial charge in [0.05, 0.1) is 18.4 Å². The van der Waals surface area contributed by atoms with Gasteiger partial charge >= 0.3 is 0 Å². The van der Waals surface area contributed by atoms with Crippen molar-refractivity contribution in [1.82, 2.24) is 4.90 Å². The van der Waals surface area contributed by atoms with E-state index in [2.05, 4.69) is 11.8 Å². The summed E-state index contributed by atoms with van der Waals surface area (Å²) in [6.45, 7) is 5.76. The predicted octanol–water partition coefficient (Wildman–Crippen LogP) is 4.02. The van der Waals surface area contributed by atoms with Gasteiger partial charge in [0.2, 0.25) is 0 Å². The number of imide groups is 1. The largest absolute Gasteiger partial charge is 0.496 e. The normalized spacial score (nSPS) is 18.0. The van der Waals surface area contributed by atoms with E-state index in [1.165, 1.54) is 4.90 Å². The van der Waals surface area contributed by atoms with Crippen molar-refractivity contribution in [2.45, 2.75) is 26.7 Å². The van der Waals surface area contributed by atoms with Crippen LogP contribution in [-0.2, 0) is 9.59 Å². The fourth-order valence-electron chi connectivity index (χ4n) is 4.07. The van der Waals surface area contributed by atoms with Gasteiger partial charge in [-0.15, -0.1) is 0 Å². The molecule has 0 N–H and O–H groups in total. The summed E-state index contributed by atoms with van der Waals surface area (Å²) in [5, 5.41) is 0. The van der Waals surface area contributed by atoms with Crippen LogP contribution in [0.2, 0.25) is 0 Å². The Bertz CT molecular complexity index is 970. The van der Waals surface area contributed by atoms with Gasteiger partial charge in [0, 0.05) is 18.7 Å². The first-order chi connectivity index (χ1) is 14.0. The minimum Gasteiger partial charge on any atom is -0.496 e. The Kier molecular flexibility index (Phi) is 5.14. The van der Waals surface area contributed by atoms with Crippen LogP contribution >= 0.6 is 0 Å². The Morgan fingerprint density at radius 3 is 2.24 bits per heavy atom. The van der Waals surface area contributed by atoms with Gasteiger partial charge in [0.25, 0.3) is 11.8 Å². The topological polar surface area (TPSA) is 49.9 Å². The molecule has 0 saturated carbocycles. The van der Waals surface area contributed by atoms with Crippen LogP contribution in [0.15, 0.2) is 54.2 Å². The summed E-state index contributed by atoms with van der Waals surface area (Å²) in [6, 6.07) is 14.9. The van der Waals surface area contributed by atoms with E-state index >= 15 is 0 Å². The van der Waals surface area contributed by atoms with Gasteiger partial charge in [0.1, 0.15) is 11.4 Å². The first kappa shape index (κ1) is 19.2. The molecular formula is C24H26N2O3. The molecule has 0 aromatic heterocycles. The Morgan fingerprint density at radius 2 is 1.59 bits per heavy atom. The van der Waals surface area contributed by atoms with Gasteiger partial charge in [-0.05, 0) is 43.9 Å². The number of amides is 2. The number of benzene rings is 2. The highest BCUT2D eigenvalue weighted by Crippen LogP contribution is 2.39. The van der Waals surface area contributed by atoms with Crippen molar-refractivity contribution >= 4 is 23.1 Å². The second-order valence-electron chi connectivity index (χ2n) is 7.87. The molecule has 0 bridgehead atoms. The van der Waals surface area contributed by atoms with E-state index in [9.17, 15) is 9.59 Å². The summed E-state index contributed by atoms with van der Waals surface area (Å²) in [5.74, 6) is 0.672. The van der Waals surface area contributed by atoms with Gasteiger partial charge in [-0.3, -0.25) is 9.59 Å². The summed E-state index contributed by atoms with van der Waals surface area (Å²) in [6.07, 6.45) is 2.02. The van der Waals surface area contributed by atoms with E-state index in [-0.39, 0.29) is 11.8 Å². The zero-order valence-electron chi connectivity index (χ0n) is 17.1. The lowest BCUT2D eigenvalue weighted by Gasteiger charge is -2.32. The van der Waals surface area contributed by atoms with Crippen molar-refractivity contribution in [3.63, 3.8) is 0 Å². The molecule has 4 rings (SSSR count). The van der Waals surface area contributed by atoms with Crippen LogP contribution < -0.4 is 9.64 Å². The fourth-order valence-corrected chi connectivity index (χ4v) is 4.07. The molecular weight excluding hydrogens is 364 g/mol. The second-order valence-corrected chi connectivity index (χ2v) is 7.87. The minimum atomic E-state index is -0.294. The van der Waals surface area contributed by atoms with Gasteiger partial charge in [-0.25, -0.2) is 4.90 Å². The molecule has 2 aromatic rings. The molecule has 1 fully saturated rings. The monoisotopic (exact) mass is 390 g/mol. The van der Waals surface area contributed by atoms with Crippen LogP contribution in [-0.4, -0.2) is 36.9 Å². The number of aryl methyl sites for hydroxylation is 1. The number of hydrogen-bond acceptors (Lipinski definition) is 4. The van der Waals surface area contributed by atoms with Crippen molar-refractivity contribution in [2.75, 3.05) is 25.1 Å². The Balaban J connectivity index is 1.84. The molecule has 2 aromatic carbocycles. The Hall–Kier alpha value is -3.08. The summed E-state index contributed by atoms with van der Waals surface area (Å²) in [7, 11) is 1.58. The highest BCUT2D eigenvalue weighted by atomic mass is 16.5. The lowest BCUT2D eigenvalue weighted by atomic mass is 9.97. The van der Waals surface area contributed by atoms with Crippen LogP contribution in [0.5, 0.6) is 5.75 Å². The van der Waals surface area contributed by atoms with Crippen molar-refractivity contribution in [2.24, 2.45) is 5.92 Å². The van der Waals surface area contributed by atoms with E-state index in [0.29, 0.717) is 34.2 Å². The average molecular weight is 390 g/mol. The molecule has 0 unspecified atom stereocenters. The molecule has 150 valence electrons. The second kappa shape index (κ2) is 7.74. The molecule has 2 heterocycles. The maximum Gasteiger partial charge on any atom is 0.282 e. The maximum atomic E-state index is 13.6. The molecule has 0 spiro atoms. The van der Waals surface area contributed by atoms with Crippen LogP contribution in [0, 0.1) is 12.8 Å². The van der Waals surface area contributed by atoms with Crippen molar-refractivity contribution in [3.05, 3.63) is 65.4 Å². The molecule has 1 saturated heterocycles. The standard InChI is InChI=1S/C24H26N2O3/c1-16-8-10-18(11-9-16)26-23(27)21(19-6-4-5-7-20(19)29-3)22(24(26)28)25-14-12-17(2)13-15-25/h4-11,17H,12-15H2,1-3H3. The predicted molar refractivity (Wildman–Crippen MR) is 114 cm³/mol. The third kappa shape index (κ3) is 3.41. The number of nitrogens with zero attached hydrogens (tertiary/aromatic N) is 2. The number of ether oxygens (including phenoxy) is 1. The van der Waals surface area contributed by atoms with Gasteiger partial charge in [0.15, 0.2) is 0 Å². The van der Waals surface area contributed by atoms with E-state index in [1.54, 1.807) is 7.11 Å². The smallest absolute Gasteiger partial charge is 0.282 e. The molecule has 0 radical (unpaired) electrons. The molecule has 2 amide bonds. The lowest BCUT2D eigenvalue weighted by molar-refractivity contribution is -0.120. The third-order valence-corrected chi connectivity index (χ3v) is 5.83. The lowest BCUT2D eigenvalue weighted by Crippen LogP contribution is -2.38. The van der Waals surface area contributed by atoms with Crippen LogP contribution in [0.3, 0.4) is 0 Å². The zero-order valence-corrected chi connectivity index (χ0v) is 17.1. The number of piperidine rings is 1. The quantitative estimate of drug-likeness (QED) is 0.740. The number of para-hydroxylation sites is 1. The molecule has 5 heteroatoms. The van der Waals surface area contributed by atoms with E-state index < -0.39 is 0 Å². The van der Waals surface area contributed by atoms with Crippen LogP contribution in [0.1, 0.15) is 30.9 Å². The Labute approximate surface area is 171 Å². The molecule has 2 aliphatic heterocycles. The van der Waals surface area contributed by atoms with Crippen molar-refractivity contribution in [3.8, 4) is 5.75 Å². The highest BCUT2D eigenvalue weighted by molar-refractivity contribution is 6.45. The van der Waals surface area contributed by atoms with Crippen LogP contribution in [0.4, 0.5) is 5.69 Å². The maximum absolute atomic E-state index is 13.6. The van der Waals surface area contributed by atoms with Crippen LogP contribution in [0.25, 0.3) is 5.57 Å². The third-order valence-electron chi connectivity index (χ3n) is 5.83. The molecule has 0 atom stereocenters. The van der Waals surface area contributed by atoms with E-state index in [0.717, 1.165) is 31.5 Å². The summed E-state index contributed by atoms with van der Waals surface area (Å²) >= 11 is 0. The minimum absolute atomic E-state index is 0.255. The van der Waals surface area contributed by atoms with E-state index in [4.69, 9.17) is 4.74 Å². The summed E-state index contributed by atoms with van der Waals surface area (Å²) in [4.78, 5) is 30.5. The first-order valence-corrected chi connectivity index (χ1v) is 10.1. The number of methoxy groups -OCH3 is 1. The molecule has 29 heavy (non-hydrogen) atoms. The molecule has 5 nitrogen and oxygen atoms in total. The van der Waals surface area contributed by atoms with E-state index in [1.807, 2.05) is 55.5 Å². The molecule has 0 aliphatic carbocycles. The number of carbonyl (C=O) groups is 2. The van der Waals surface area contributed by atoms with Gasteiger partial charge < -0.3 is 9.64 Å². The zero-order chi connectivity index (χ0) is 20.5. The number of carbonyl (C=O) groups excluding carboxylic acids is 2. The average Bonchev–Trinajstić information content (AvgIpc) is 2.99. The number of likely N-dealkylation sites (tertiary alicyclic amines) is 1. The highest BCUT2D eigenvalue weighted by Gasteiger charge is 2.43. The Morgan fingerprint density at radius 1 is 0.931 bits per heavy atom. The fraction of sp³-hybridized carbons (Fsp3) is 0.333. The number of anilines is 1. The van der Waals surface area contributed by atoms with Gasteiger partial charge in [-0.1, -0.05) is 42.8 Å². The number of hydrogen-bond donors (Lipinski definition) is 0. The van der Waals surface area contributed by atoms with Crippen molar-refractivity contribution in [1.29, 1.82) is 0 Å². The first-order valence-electron chi connectivity index (χ1n) is 10.1. The summed E-state index contributed by atoms with van der Waals surface area (Å²) < 4.78 is 5.52. The molecule has 2 aliphatic rings.